The van der Waals surface area contributed by atoms with Crippen LogP contribution in [0.25, 0.3) is 0 Å². The average molecular weight is 406 g/mol. The van der Waals surface area contributed by atoms with Gasteiger partial charge in [-0.2, -0.15) is 13.2 Å². The minimum Gasteiger partial charge on any atom is -0.452 e. The lowest BCUT2D eigenvalue weighted by Gasteiger charge is -2.13. The van der Waals surface area contributed by atoms with E-state index in [1.54, 1.807) is 0 Å². The normalized spacial score (nSPS) is 11.1. The molecule has 0 aliphatic rings. The summed E-state index contributed by atoms with van der Waals surface area (Å²) in [6, 6.07) is 9.01. The van der Waals surface area contributed by atoms with E-state index in [9.17, 15) is 22.8 Å². The molecule has 4 nitrogen and oxygen atoms in total. The molecule has 26 heavy (non-hydrogen) atoms. The molecule has 1 N–H and O–H groups in total. The summed E-state index contributed by atoms with van der Waals surface area (Å²) < 4.78 is 43.4. The molecule has 0 bridgehead atoms. The zero-order chi connectivity index (χ0) is 19.3. The minimum absolute atomic E-state index is 0.0191. The van der Waals surface area contributed by atoms with Gasteiger partial charge in [0.25, 0.3) is 5.91 Å². The van der Waals surface area contributed by atoms with Gasteiger partial charge >= 0.3 is 12.1 Å². The van der Waals surface area contributed by atoms with Crippen LogP contribution in [-0.2, 0) is 22.3 Å². The van der Waals surface area contributed by atoms with Gasteiger partial charge < -0.3 is 10.1 Å². The third kappa shape index (κ3) is 5.37. The largest absolute Gasteiger partial charge is 0.452 e. The summed E-state index contributed by atoms with van der Waals surface area (Å²) in [5.41, 5.74) is -0.963. The summed E-state index contributed by atoms with van der Waals surface area (Å²) in [6.45, 7) is -1.03. The highest BCUT2D eigenvalue weighted by Gasteiger charge is 2.32. The lowest BCUT2D eigenvalue weighted by atomic mass is 10.1. The number of esters is 1. The molecule has 0 aromatic heterocycles. The summed E-state index contributed by atoms with van der Waals surface area (Å²) >= 11 is 11.6. The molecule has 2 aromatic carbocycles. The van der Waals surface area contributed by atoms with Crippen molar-refractivity contribution in [1.82, 2.24) is 5.32 Å². The van der Waals surface area contributed by atoms with Gasteiger partial charge in [0.2, 0.25) is 0 Å². The fourth-order valence-electron chi connectivity index (χ4n) is 2.06. The monoisotopic (exact) mass is 405 g/mol. The summed E-state index contributed by atoms with van der Waals surface area (Å²) in [7, 11) is 0. The maximum Gasteiger partial charge on any atom is 0.416 e. The third-order valence-corrected chi connectivity index (χ3v) is 3.85. The lowest BCUT2D eigenvalue weighted by Crippen LogP contribution is -2.29. The summed E-state index contributed by atoms with van der Waals surface area (Å²) in [4.78, 5) is 23.6. The van der Waals surface area contributed by atoms with Crippen LogP contribution in [0.15, 0.2) is 42.5 Å². The number of nitrogens with one attached hydrogen (secondary N) is 1. The number of rotatable bonds is 5. The van der Waals surface area contributed by atoms with Crippen molar-refractivity contribution >= 4 is 35.1 Å². The first-order valence-corrected chi connectivity index (χ1v) is 7.98. The van der Waals surface area contributed by atoms with Crippen molar-refractivity contribution < 1.29 is 27.5 Å². The molecule has 0 aliphatic heterocycles. The van der Waals surface area contributed by atoms with Crippen LogP contribution in [-0.4, -0.2) is 18.5 Å². The van der Waals surface area contributed by atoms with Crippen LogP contribution in [0, 0.1) is 0 Å². The quantitative estimate of drug-likeness (QED) is 0.745. The molecule has 0 saturated carbocycles. The van der Waals surface area contributed by atoms with E-state index < -0.39 is 30.2 Å². The number of benzene rings is 2. The molecule has 2 aromatic rings. The van der Waals surface area contributed by atoms with E-state index in [1.165, 1.54) is 36.4 Å². The topological polar surface area (TPSA) is 55.4 Å². The Morgan fingerprint density at radius 1 is 1.08 bits per heavy atom. The molecular weight excluding hydrogens is 394 g/mol. The van der Waals surface area contributed by atoms with Crippen LogP contribution in [0.3, 0.4) is 0 Å². The van der Waals surface area contributed by atoms with Crippen molar-refractivity contribution in [1.29, 1.82) is 0 Å². The maximum absolute atomic E-state index is 12.9. The van der Waals surface area contributed by atoms with Gasteiger partial charge in [-0.25, -0.2) is 4.79 Å². The molecule has 1 amide bonds. The number of alkyl halides is 3. The van der Waals surface area contributed by atoms with Crippen LogP contribution >= 0.6 is 23.2 Å². The van der Waals surface area contributed by atoms with Crippen LogP contribution in [0.1, 0.15) is 21.5 Å². The molecule has 0 spiro atoms. The highest BCUT2D eigenvalue weighted by Crippen LogP contribution is 2.31. The molecule has 0 radical (unpaired) electrons. The van der Waals surface area contributed by atoms with Gasteiger partial charge in [0, 0.05) is 11.6 Å². The number of carbonyl (C=O) groups excluding carboxylic acids is 2. The number of carbonyl (C=O) groups is 2. The van der Waals surface area contributed by atoms with Crippen LogP contribution < -0.4 is 5.32 Å². The number of amides is 1. The number of halogens is 5. The summed E-state index contributed by atoms with van der Waals surface area (Å²) in [5.74, 6) is -1.63. The summed E-state index contributed by atoms with van der Waals surface area (Å²) in [5, 5.41) is 2.62. The highest BCUT2D eigenvalue weighted by atomic mass is 35.5. The van der Waals surface area contributed by atoms with Crippen molar-refractivity contribution in [2.75, 3.05) is 6.61 Å². The average Bonchev–Trinajstić information content (AvgIpc) is 2.59. The van der Waals surface area contributed by atoms with Gasteiger partial charge in [0.1, 0.15) is 0 Å². The smallest absolute Gasteiger partial charge is 0.416 e. The van der Waals surface area contributed by atoms with Crippen molar-refractivity contribution in [2.45, 2.75) is 12.7 Å². The second-order valence-corrected chi connectivity index (χ2v) is 5.98. The third-order valence-electron chi connectivity index (χ3n) is 3.28. The molecule has 0 saturated heterocycles. The van der Waals surface area contributed by atoms with Gasteiger partial charge in [0.05, 0.1) is 16.1 Å². The first kappa shape index (κ1) is 20.1. The van der Waals surface area contributed by atoms with Crippen LogP contribution in [0.4, 0.5) is 13.2 Å². The van der Waals surface area contributed by atoms with Crippen molar-refractivity contribution in [3.8, 4) is 0 Å². The maximum atomic E-state index is 12.9. The van der Waals surface area contributed by atoms with Gasteiger partial charge in [0.15, 0.2) is 6.61 Å². The molecule has 0 atom stereocenters. The molecule has 138 valence electrons. The molecule has 0 unspecified atom stereocenters. The van der Waals surface area contributed by atoms with E-state index in [2.05, 4.69) is 5.32 Å². The number of hydrogen-bond acceptors (Lipinski definition) is 3. The number of ether oxygens (including phenoxy) is 1. The second kappa shape index (κ2) is 8.42. The van der Waals surface area contributed by atoms with Crippen LogP contribution in [0.5, 0.6) is 0 Å². The zero-order valence-electron chi connectivity index (χ0n) is 13.1. The van der Waals surface area contributed by atoms with E-state index in [0.717, 1.165) is 6.07 Å². The van der Waals surface area contributed by atoms with E-state index in [-0.39, 0.29) is 27.7 Å². The Kier molecular flexibility index (Phi) is 6.50. The van der Waals surface area contributed by atoms with Crippen molar-refractivity contribution in [3.05, 3.63) is 69.2 Å². The Hall–Kier alpha value is -2.25. The summed E-state index contributed by atoms with van der Waals surface area (Å²) in [6.07, 6.45) is -4.53. The number of hydrogen-bond donors (Lipinski definition) is 1. The Labute approximate surface area is 156 Å². The Morgan fingerprint density at radius 2 is 1.77 bits per heavy atom. The molecule has 2 rings (SSSR count). The predicted octanol–water partition coefficient (Wildman–Crippen LogP) is 4.49. The molecule has 0 fully saturated rings. The second-order valence-electron chi connectivity index (χ2n) is 5.13. The van der Waals surface area contributed by atoms with Crippen molar-refractivity contribution in [2.24, 2.45) is 0 Å². The fraction of sp³-hybridized carbons (Fsp3) is 0.176. The van der Waals surface area contributed by atoms with E-state index >= 15 is 0 Å². The molecular formula is C17H12Cl2F3NO3. The highest BCUT2D eigenvalue weighted by molar-refractivity contribution is 6.35. The Balaban J connectivity index is 1.92. The van der Waals surface area contributed by atoms with Gasteiger partial charge in [-0.15, -0.1) is 0 Å². The van der Waals surface area contributed by atoms with Gasteiger partial charge in [-0.05, 0) is 29.8 Å². The van der Waals surface area contributed by atoms with Crippen molar-refractivity contribution in [3.63, 3.8) is 0 Å². The van der Waals surface area contributed by atoms with Gasteiger partial charge in [-0.3, -0.25) is 4.79 Å². The van der Waals surface area contributed by atoms with Crippen LogP contribution in [0.2, 0.25) is 10.0 Å². The Bertz CT molecular complexity index is 825. The van der Waals surface area contributed by atoms with E-state index in [0.29, 0.717) is 0 Å². The lowest BCUT2D eigenvalue weighted by molar-refractivity contribution is -0.138. The van der Waals surface area contributed by atoms with E-state index in [1.807, 2.05) is 0 Å². The standard InChI is InChI=1S/C17H12Cl2F3NO3/c18-11-5-6-14(19)12(7-11)16(25)26-9-15(24)23-8-10-3-1-2-4-13(10)17(20,21)22/h1-7H,8-9H2,(H,23,24). The SMILES string of the molecule is O=C(COC(=O)c1cc(Cl)ccc1Cl)NCc1ccccc1C(F)(F)F. The molecule has 0 aliphatic carbocycles. The Morgan fingerprint density at radius 3 is 2.46 bits per heavy atom. The predicted molar refractivity (Wildman–Crippen MR) is 90.0 cm³/mol. The first-order valence-electron chi connectivity index (χ1n) is 7.22. The molecule has 0 heterocycles. The molecule has 9 heteroatoms. The zero-order valence-corrected chi connectivity index (χ0v) is 14.6. The first-order chi connectivity index (χ1) is 12.2. The van der Waals surface area contributed by atoms with Gasteiger partial charge in [-0.1, -0.05) is 41.4 Å². The fourth-order valence-corrected chi connectivity index (χ4v) is 2.43. The minimum atomic E-state index is -4.53. The van der Waals surface area contributed by atoms with E-state index in [4.69, 9.17) is 27.9 Å².